The molecule has 1 amide bonds. The first kappa shape index (κ1) is 19.5. The average Bonchev–Trinajstić information content (AvgIpc) is 2.64. The number of nitrogens with one attached hydrogen (secondary N) is 1. The van der Waals surface area contributed by atoms with Gasteiger partial charge >= 0.3 is 0 Å². The van der Waals surface area contributed by atoms with E-state index in [9.17, 15) is 4.79 Å². The monoisotopic (exact) mass is 379 g/mol. The number of methoxy groups -OCH3 is 2. The van der Waals surface area contributed by atoms with Crippen molar-refractivity contribution in [3.63, 3.8) is 0 Å². The summed E-state index contributed by atoms with van der Waals surface area (Å²) in [4.78, 5) is 12.9. The molecular formula is C19H22ClNO3S. The molecule has 0 unspecified atom stereocenters. The smallest absolute Gasteiger partial charge is 0.230 e. The molecule has 0 aliphatic carbocycles. The number of thioether (sulfide) groups is 1. The molecule has 0 aromatic heterocycles. The second-order valence-corrected chi connectivity index (χ2v) is 6.87. The van der Waals surface area contributed by atoms with Gasteiger partial charge in [-0.25, -0.2) is 0 Å². The summed E-state index contributed by atoms with van der Waals surface area (Å²) < 4.78 is 10.5. The highest BCUT2D eigenvalue weighted by molar-refractivity contribution is 8.00. The van der Waals surface area contributed by atoms with Crippen LogP contribution in [0.5, 0.6) is 11.5 Å². The fourth-order valence-corrected chi connectivity index (χ4v) is 3.14. The zero-order chi connectivity index (χ0) is 18.1. The number of benzene rings is 2. The Labute approximate surface area is 157 Å². The van der Waals surface area contributed by atoms with E-state index in [2.05, 4.69) is 5.32 Å². The van der Waals surface area contributed by atoms with Crippen LogP contribution in [0.4, 0.5) is 0 Å². The number of rotatable bonds is 9. The second-order valence-electron chi connectivity index (χ2n) is 5.39. The molecule has 2 aromatic rings. The Morgan fingerprint density at radius 3 is 2.48 bits per heavy atom. The summed E-state index contributed by atoms with van der Waals surface area (Å²) in [6.07, 6.45) is 1.73. The predicted octanol–water partition coefficient (Wildman–Crippen LogP) is 4.20. The molecule has 1 N–H and O–H groups in total. The Hall–Kier alpha value is -1.85. The van der Waals surface area contributed by atoms with E-state index in [-0.39, 0.29) is 5.91 Å². The van der Waals surface area contributed by atoms with Crippen LogP contribution < -0.4 is 14.8 Å². The van der Waals surface area contributed by atoms with Crippen molar-refractivity contribution >= 4 is 29.3 Å². The third-order valence-corrected chi connectivity index (χ3v) is 4.86. The van der Waals surface area contributed by atoms with Crippen LogP contribution in [-0.4, -0.2) is 32.4 Å². The molecule has 0 bridgehead atoms. The van der Waals surface area contributed by atoms with Crippen LogP contribution in [0.25, 0.3) is 0 Å². The minimum atomic E-state index is 0.0345. The largest absolute Gasteiger partial charge is 0.493 e. The lowest BCUT2D eigenvalue weighted by Crippen LogP contribution is -2.26. The first-order chi connectivity index (χ1) is 12.1. The van der Waals surface area contributed by atoms with Crippen LogP contribution in [0.2, 0.25) is 5.02 Å². The van der Waals surface area contributed by atoms with E-state index < -0.39 is 0 Å². The quantitative estimate of drug-likeness (QED) is 0.524. The summed E-state index contributed by atoms with van der Waals surface area (Å²) in [7, 11) is 3.25. The van der Waals surface area contributed by atoms with Gasteiger partial charge in [-0.1, -0.05) is 17.7 Å². The van der Waals surface area contributed by atoms with Crippen molar-refractivity contribution in [1.29, 1.82) is 0 Å². The molecule has 6 heteroatoms. The molecule has 0 fully saturated rings. The molecule has 0 aliphatic heterocycles. The summed E-state index contributed by atoms with van der Waals surface area (Å²) in [6, 6.07) is 13.4. The molecule has 2 rings (SSSR count). The lowest BCUT2D eigenvalue weighted by atomic mass is 10.1. The second kappa shape index (κ2) is 10.2. The van der Waals surface area contributed by atoms with E-state index in [0.29, 0.717) is 17.3 Å². The number of hydrogen-bond acceptors (Lipinski definition) is 4. The van der Waals surface area contributed by atoms with Gasteiger partial charge in [-0.05, 0) is 54.8 Å². The van der Waals surface area contributed by atoms with Gasteiger partial charge in [0.2, 0.25) is 5.91 Å². The lowest BCUT2D eigenvalue weighted by Gasteiger charge is -2.10. The lowest BCUT2D eigenvalue weighted by molar-refractivity contribution is -0.118. The van der Waals surface area contributed by atoms with Gasteiger partial charge in [-0.2, -0.15) is 0 Å². The van der Waals surface area contributed by atoms with Crippen molar-refractivity contribution in [2.75, 3.05) is 26.5 Å². The fraction of sp³-hybridized carbons (Fsp3) is 0.316. The van der Waals surface area contributed by atoms with E-state index in [4.69, 9.17) is 21.1 Å². The Morgan fingerprint density at radius 1 is 1.08 bits per heavy atom. The highest BCUT2D eigenvalue weighted by Crippen LogP contribution is 2.27. The summed E-state index contributed by atoms with van der Waals surface area (Å²) >= 11 is 7.34. The summed E-state index contributed by atoms with van der Waals surface area (Å²) in [6.45, 7) is 0.647. The first-order valence-electron chi connectivity index (χ1n) is 7.98. The topological polar surface area (TPSA) is 47.6 Å². The maximum Gasteiger partial charge on any atom is 0.230 e. The van der Waals surface area contributed by atoms with Gasteiger partial charge in [-0.3, -0.25) is 4.79 Å². The number of carbonyl (C=O) groups is 1. The number of amides is 1. The zero-order valence-corrected chi connectivity index (χ0v) is 16.0. The van der Waals surface area contributed by atoms with E-state index in [1.807, 2.05) is 42.5 Å². The standard InChI is InChI=1S/C19H22ClNO3S/c1-23-17-10-5-14(12-18(17)24-2)4-3-11-21-19(22)13-25-16-8-6-15(20)7-9-16/h5-10,12H,3-4,11,13H2,1-2H3,(H,21,22). The van der Waals surface area contributed by atoms with Gasteiger partial charge in [-0.15, -0.1) is 11.8 Å². The third-order valence-electron chi connectivity index (χ3n) is 3.60. The molecule has 0 saturated heterocycles. The number of carbonyl (C=O) groups excluding carboxylic acids is 1. The van der Waals surface area contributed by atoms with E-state index in [1.54, 1.807) is 14.2 Å². The molecule has 0 aliphatic rings. The summed E-state index contributed by atoms with van der Waals surface area (Å²) in [5.74, 6) is 1.88. The number of ether oxygens (including phenoxy) is 2. The van der Waals surface area contributed by atoms with Crippen LogP contribution in [0.3, 0.4) is 0 Å². The molecule has 0 spiro atoms. The van der Waals surface area contributed by atoms with Gasteiger partial charge in [0.15, 0.2) is 11.5 Å². The molecule has 0 saturated carbocycles. The Morgan fingerprint density at radius 2 is 1.80 bits per heavy atom. The van der Waals surface area contributed by atoms with Crippen LogP contribution in [0, 0.1) is 0 Å². The van der Waals surface area contributed by atoms with Crippen LogP contribution in [-0.2, 0) is 11.2 Å². The Bertz CT molecular complexity index is 692. The van der Waals surface area contributed by atoms with E-state index in [0.717, 1.165) is 34.8 Å². The van der Waals surface area contributed by atoms with Crippen molar-refractivity contribution < 1.29 is 14.3 Å². The molecular weight excluding hydrogens is 358 g/mol. The number of halogens is 1. The predicted molar refractivity (Wildman–Crippen MR) is 103 cm³/mol. The summed E-state index contributed by atoms with van der Waals surface area (Å²) in [5, 5.41) is 3.64. The highest BCUT2D eigenvalue weighted by Gasteiger charge is 2.05. The minimum absolute atomic E-state index is 0.0345. The van der Waals surface area contributed by atoms with Gasteiger partial charge < -0.3 is 14.8 Å². The molecule has 25 heavy (non-hydrogen) atoms. The van der Waals surface area contributed by atoms with Gasteiger partial charge in [0.1, 0.15) is 0 Å². The Kier molecular flexibility index (Phi) is 7.95. The van der Waals surface area contributed by atoms with Crippen molar-refractivity contribution in [2.45, 2.75) is 17.7 Å². The van der Waals surface area contributed by atoms with Crippen LogP contribution >= 0.6 is 23.4 Å². The van der Waals surface area contributed by atoms with Crippen molar-refractivity contribution in [3.05, 3.63) is 53.1 Å². The third kappa shape index (κ3) is 6.52. The van der Waals surface area contributed by atoms with Crippen LogP contribution in [0.15, 0.2) is 47.4 Å². The molecule has 134 valence electrons. The average molecular weight is 380 g/mol. The highest BCUT2D eigenvalue weighted by atomic mass is 35.5. The summed E-state index contributed by atoms with van der Waals surface area (Å²) in [5.41, 5.74) is 1.16. The van der Waals surface area contributed by atoms with Crippen molar-refractivity contribution in [2.24, 2.45) is 0 Å². The maximum atomic E-state index is 11.9. The zero-order valence-electron chi connectivity index (χ0n) is 14.4. The molecule has 0 radical (unpaired) electrons. The van der Waals surface area contributed by atoms with Gasteiger partial charge in [0, 0.05) is 16.5 Å². The van der Waals surface area contributed by atoms with Gasteiger partial charge in [0.25, 0.3) is 0 Å². The molecule has 0 heterocycles. The SMILES string of the molecule is COc1ccc(CCCNC(=O)CSc2ccc(Cl)cc2)cc1OC. The minimum Gasteiger partial charge on any atom is -0.493 e. The van der Waals surface area contributed by atoms with Crippen molar-refractivity contribution in [1.82, 2.24) is 5.32 Å². The Balaban J connectivity index is 1.68. The number of aryl methyl sites for hydroxylation is 1. The fourth-order valence-electron chi connectivity index (χ4n) is 2.29. The normalized spacial score (nSPS) is 10.4. The molecule has 2 aromatic carbocycles. The van der Waals surface area contributed by atoms with Crippen molar-refractivity contribution in [3.8, 4) is 11.5 Å². The molecule has 4 nitrogen and oxygen atoms in total. The molecule has 0 atom stereocenters. The van der Waals surface area contributed by atoms with Gasteiger partial charge in [0.05, 0.1) is 20.0 Å². The van der Waals surface area contributed by atoms with E-state index in [1.165, 1.54) is 11.8 Å². The maximum absolute atomic E-state index is 11.9. The van der Waals surface area contributed by atoms with E-state index >= 15 is 0 Å². The van der Waals surface area contributed by atoms with Crippen LogP contribution in [0.1, 0.15) is 12.0 Å². The first-order valence-corrected chi connectivity index (χ1v) is 9.34. The number of hydrogen-bond donors (Lipinski definition) is 1.